The van der Waals surface area contributed by atoms with Crippen LogP contribution < -0.4 is 10.6 Å². The normalized spacial score (nSPS) is 35.6. The summed E-state index contributed by atoms with van der Waals surface area (Å²) in [5, 5.41) is 6.58. The van der Waals surface area contributed by atoms with Crippen LogP contribution in [0.15, 0.2) is 0 Å². The smallest absolute Gasteiger partial charge is 0.227 e. The number of methoxy groups -OCH3 is 1. The van der Waals surface area contributed by atoms with Gasteiger partial charge in [-0.2, -0.15) is 0 Å². The average Bonchev–Trinajstić information content (AvgIpc) is 2.88. The van der Waals surface area contributed by atoms with E-state index in [1.165, 1.54) is 0 Å². The van der Waals surface area contributed by atoms with Gasteiger partial charge in [0.2, 0.25) is 5.91 Å². The Bertz CT molecular complexity index is 346. The second kappa shape index (κ2) is 6.41. The van der Waals surface area contributed by atoms with Gasteiger partial charge in [-0.05, 0) is 19.4 Å². The van der Waals surface area contributed by atoms with Gasteiger partial charge < -0.3 is 20.1 Å². The van der Waals surface area contributed by atoms with E-state index in [-0.39, 0.29) is 35.4 Å². The van der Waals surface area contributed by atoms with E-state index in [0.717, 1.165) is 19.4 Å². The fraction of sp³-hybridized carbons (Fsp3) is 0.933. The summed E-state index contributed by atoms with van der Waals surface area (Å²) < 4.78 is 10.9. The van der Waals surface area contributed by atoms with Gasteiger partial charge >= 0.3 is 0 Å². The van der Waals surface area contributed by atoms with Crippen molar-refractivity contribution in [2.24, 2.45) is 11.3 Å². The van der Waals surface area contributed by atoms with Gasteiger partial charge in [-0.25, -0.2) is 0 Å². The van der Waals surface area contributed by atoms with Gasteiger partial charge in [0.05, 0.1) is 25.2 Å². The van der Waals surface area contributed by atoms with E-state index in [1.54, 1.807) is 7.11 Å². The molecule has 2 aliphatic rings. The molecule has 5 nitrogen and oxygen atoms in total. The molecule has 1 aliphatic carbocycles. The van der Waals surface area contributed by atoms with Gasteiger partial charge in [0.25, 0.3) is 0 Å². The summed E-state index contributed by atoms with van der Waals surface area (Å²) in [4.78, 5) is 12.4. The molecule has 1 saturated heterocycles. The van der Waals surface area contributed by atoms with Crippen LogP contribution in [0.1, 0.15) is 33.6 Å². The Morgan fingerprint density at radius 2 is 2.15 bits per heavy atom. The van der Waals surface area contributed by atoms with Gasteiger partial charge in [-0.15, -0.1) is 0 Å². The molecule has 4 unspecified atom stereocenters. The number of amides is 1. The summed E-state index contributed by atoms with van der Waals surface area (Å²) >= 11 is 0. The van der Waals surface area contributed by atoms with Crippen LogP contribution in [-0.2, 0) is 14.3 Å². The van der Waals surface area contributed by atoms with E-state index >= 15 is 0 Å². The molecule has 0 aromatic heterocycles. The second-order valence-corrected chi connectivity index (χ2v) is 6.55. The highest BCUT2D eigenvalue weighted by atomic mass is 16.5. The first-order valence-electron chi connectivity index (χ1n) is 7.65. The molecule has 20 heavy (non-hydrogen) atoms. The highest BCUT2D eigenvalue weighted by Gasteiger charge is 2.50. The molecular weight excluding hydrogens is 256 g/mol. The maximum atomic E-state index is 12.4. The highest BCUT2D eigenvalue weighted by molar-refractivity contribution is 5.80. The number of rotatable bonds is 6. The molecule has 0 radical (unpaired) electrons. The van der Waals surface area contributed by atoms with Crippen molar-refractivity contribution in [3.05, 3.63) is 0 Å². The number of ether oxygens (including phenoxy) is 2. The summed E-state index contributed by atoms with van der Waals surface area (Å²) in [5.41, 5.74) is 0.0101. The van der Waals surface area contributed by atoms with E-state index < -0.39 is 0 Å². The SMILES string of the molecule is CCCNC1COCC1C(=O)NC1CC(OC)C1(C)C. The Morgan fingerprint density at radius 3 is 2.75 bits per heavy atom. The Balaban J connectivity index is 1.86. The standard InChI is InChI=1S/C15H28N2O3/c1-5-6-16-11-9-20-8-10(11)14(18)17-12-7-13(19-4)15(12,2)3/h10-13,16H,5-9H2,1-4H3,(H,17,18). The molecule has 2 rings (SSSR count). The van der Waals surface area contributed by atoms with Gasteiger partial charge in [-0.3, -0.25) is 4.79 Å². The van der Waals surface area contributed by atoms with Crippen molar-refractivity contribution in [3.8, 4) is 0 Å². The van der Waals surface area contributed by atoms with E-state index in [9.17, 15) is 4.79 Å². The first-order chi connectivity index (χ1) is 9.50. The molecule has 0 aromatic rings. The van der Waals surface area contributed by atoms with Crippen molar-refractivity contribution in [2.45, 2.75) is 51.8 Å². The lowest BCUT2D eigenvalue weighted by Crippen LogP contribution is -2.63. The van der Waals surface area contributed by atoms with Gasteiger partial charge in [-0.1, -0.05) is 20.8 Å². The Kier molecular flexibility index (Phi) is 5.04. The third kappa shape index (κ3) is 3.00. The monoisotopic (exact) mass is 284 g/mol. The number of carbonyl (C=O) groups is 1. The lowest BCUT2D eigenvalue weighted by molar-refractivity contribution is -0.136. The van der Waals surface area contributed by atoms with Crippen LogP contribution >= 0.6 is 0 Å². The fourth-order valence-electron chi connectivity index (χ4n) is 3.15. The van der Waals surface area contributed by atoms with Crippen LogP contribution in [0.25, 0.3) is 0 Å². The van der Waals surface area contributed by atoms with Crippen molar-refractivity contribution in [1.82, 2.24) is 10.6 Å². The molecule has 1 heterocycles. The first kappa shape index (κ1) is 15.7. The van der Waals surface area contributed by atoms with Crippen molar-refractivity contribution in [1.29, 1.82) is 0 Å². The van der Waals surface area contributed by atoms with Crippen LogP contribution in [0.3, 0.4) is 0 Å². The molecular formula is C15H28N2O3. The van der Waals surface area contributed by atoms with Crippen molar-refractivity contribution in [2.75, 3.05) is 26.9 Å². The van der Waals surface area contributed by atoms with Gasteiger partial charge in [0, 0.05) is 24.6 Å². The molecule has 0 bridgehead atoms. The fourth-order valence-corrected chi connectivity index (χ4v) is 3.15. The lowest BCUT2D eigenvalue weighted by atomic mass is 9.64. The third-order valence-corrected chi connectivity index (χ3v) is 4.85. The van der Waals surface area contributed by atoms with Crippen LogP contribution in [0.5, 0.6) is 0 Å². The topological polar surface area (TPSA) is 59.6 Å². The Morgan fingerprint density at radius 1 is 1.40 bits per heavy atom. The summed E-state index contributed by atoms with van der Waals surface area (Å²) in [6.45, 7) is 8.50. The van der Waals surface area contributed by atoms with Gasteiger partial charge in [0.15, 0.2) is 0 Å². The third-order valence-electron chi connectivity index (χ3n) is 4.85. The zero-order valence-corrected chi connectivity index (χ0v) is 13.1. The zero-order chi connectivity index (χ0) is 14.8. The van der Waals surface area contributed by atoms with E-state index in [2.05, 4.69) is 31.4 Å². The zero-order valence-electron chi connectivity index (χ0n) is 13.1. The van der Waals surface area contributed by atoms with Crippen LogP contribution in [0, 0.1) is 11.3 Å². The highest BCUT2D eigenvalue weighted by Crippen LogP contribution is 2.42. The molecule has 2 fully saturated rings. The molecule has 5 heteroatoms. The molecule has 1 amide bonds. The molecule has 0 aromatic carbocycles. The number of nitrogens with one attached hydrogen (secondary N) is 2. The summed E-state index contributed by atoms with van der Waals surface area (Å²) in [6.07, 6.45) is 2.20. The van der Waals surface area contributed by atoms with Crippen LogP contribution in [0.4, 0.5) is 0 Å². The van der Waals surface area contributed by atoms with Crippen LogP contribution in [0.2, 0.25) is 0 Å². The molecule has 116 valence electrons. The molecule has 1 saturated carbocycles. The quantitative estimate of drug-likeness (QED) is 0.762. The maximum Gasteiger partial charge on any atom is 0.227 e. The lowest BCUT2D eigenvalue weighted by Gasteiger charge is -2.51. The average molecular weight is 284 g/mol. The minimum absolute atomic E-state index is 0.0101. The molecule has 2 N–H and O–H groups in total. The van der Waals surface area contributed by atoms with E-state index in [1.807, 2.05) is 0 Å². The summed E-state index contributed by atoms with van der Waals surface area (Å²) in [5.74, 6) is 0.0441. The van der Waals surface area contributed by atoms with Crippen molar-refractivity contribution < 1.29 is 14.3 Å². The largest absolute Gasteiger partial charge is 0.381 e. The molecule has 4 atom stereocenters. The summed E-state index contributed by atoms with van der Waals surface area (Å²) in [6, 6.07) is 0.351. The predicted octanol–water partition coefficient (Wildman–Crippen LogP) is 0.931. The minimum Gasteiger partial charge on any atom is -0.381 e. The van der Waals surface area contributed by atoms with Crippen LogP contribution in [-0.4, -0.2) is 51.0 Å². The Labute approximate surface area is 121 Å². The van der Waals surface area contributed by atoms with Gasteiger partial charge in [0.1, 0.15) is 0 Å². The predicted molar refractivity (Wildman–Crippen MR) is 77.5 cm³/mol. The maximum absolute atomic E-state index is 12.4. The Hall–Kier alpha value is -0.650. The summed E-state index contributed by atoms with van der Waals surface area (Å²) in [7, 11) is 1.74. The number of carbonyl (C=O) groups excluding carboxylic acids is 1. The van der Waals surface area contributed by atoms with E-state index in [0.29, 0.717) is 13.2 Å². The second-order valence-electron chi connectivity index (χ2n) is 6.55. The minimum atomic E-state index is -0.0704. The molecule has 0 spiro atoms. The van der Waals surface area contributed by atoms with E-state index in [4.69, 9.17) is 9.47 Å². The number of hydrogen-bond donors (Lipinski definition) is 2. The first-order valence-corrected chi connectivity index (χ1v) is 7.65. The van der Waals surface area contributed by atoms with Crippen molar-refractivity contribution >= 4 is 5.91 Å². The molecule has 1 aliphatic heterocycles. The van der Waals surface area contributed by atoms with Crippen molar-refractivity contribution in [3.63, 3.8) is 0 Å². The number of hydrogen-bond acceptors (Lipinski definition) is 4.